The lowest BCUT2D eigenvalue weighted by atomic mass is 10.0. The zero-order chi connectivity index (χ0) is 73.9. The molecule has 9 nitrogen and oxygen atoms in total. The second-order valence-corrected chi connectivity index (χ2v) is 33.3. The van der Waals surface area contributed by atoms with Gasteiger partial charge in [-0.25, -0.2) is 0 Å². The summed E-state index contributed by atoms with van der Waals surface area (Å²) in [5.74, 6) is -2.24. The predicted octanol–water partition coefficient (Wildman–Crippen LogP) is 28.9. The number of likely N-dealkylation sites (N-methyl/N-ethyl adjacent to an activating group) is 1. The maximum atomic E-state index is 13.0. The van der Waals surface area contributed by atoms with E-state index >= 15 is 0 Å². The van der Waals surface area contributed by atoms with Gasteiger partial charge >= 0.3 is 11.9 Å². The van der Waals surface area contributed by atoms with Crippen molar-refractivity contribution in [3.63, 3.8) is 0 Å². The van der Waals surface area contributed by atoms with Crippen LogP contribution in [0.2, 0.25) is 0 Å². The fraction of sp³-hybridized carbons (Fsp3) is 0.946. The number of nitrogens with zero attached hydrogens (tertiary/aromatic N) is 1. The van der Waals surface area contributed by atoms with Gasteiger partial charge in [0.15, 0.2) is 12.4 Å². The van der Waals surface area contributed by atoms with Gasteiger partial charge in [0.05, 0.1) is 40.3 Å². The quantitative estimate of drug-likeness (QED) is 0.0195. The number of quaternary nitrogens is 1. The molecule has 606 valence electrons. The molecule has 9 heteroatoms. The van der Waals surface area contributed by atoms with Gasteiger partial charge in [0.25, 0.3) is 0 Å². The van der Waals surface area contributed by atoms with Crippen LogP contribution < -0.4 is 5.11 Å². The minimum atomic E-state index is -1.62. The van der Waals surface area contributed by atoms with Crippen molar-refractivity contribution in [1.82, 2.24) is 0 Å². The number of carbonyl (C=O) groups is 3. The smallest absolute Gasteiger partial charge is 0.306 e. The lowest BCUT2D eigenvalue weighted by Gasteiger charge is -2.26. The largest absolute Gasteiger partial charge is 0.545 e. The second kappa shape index (κ2) is 84.7. The number of unbranched alkanes of at least 4 members (excludes halogenated alkanes) is 72. The van der Waals surface area contributed by atoms with Crippen molar-refractivity contribution in [2.75, 3.05) is 47.5 Å². The number of esters is 2. The van der Waals surface area contributed by atoms with Gasteiger partial charge in [-0.1, -0.05) is 469 Å². The molecule has 0 bridgehead atoms. The Balaban J connectivity index is 3.86. The summed E-state index contributed by atoms with van der Waals surface area (Å²) < 4.78 is 22.9. The second-order valence-electron chi connectivity index (χ2n) is 33.3. The number of carboxylic acids is 1. The first-order chi connectivity index (χ1) is 50.1. The number of aliphatic carboxylic acids is 1. The van der Waals surface area contributed by atoms with Crippen molar-refractivity contribution >= 4 is 17.9 Å². The van der Waals surface area contributed by atoms with Crippen molar-refractivity contribution in [2.24, 2.45) is 0 Å². The van der Waals surface area contributed by atoms with E-state index in [0.717, 1.165) is 38.5 Å². The maximum absolute atomic E-state index is 13.0. The summed E-state index contributed by atoms with van der Waals surface area (Å²) in [6.45, 7) is 4.86. The molecule has 0 N–H and O–H groups in total. The molecule has 0 spiro atoms. The number of ether oxygens (including phenoxy) is 4. The minimum absolute atomic E-state index is 0.153. The highest BCUT2D eigenvalue weighted by molar-refractivity contribution is 5.70. The van der Waals surface area contributed by atoms with E-state index in [0.29, 0.717) is 17.4 Å². The fourth-order valence-corrected chi connectivity index (χ4v) is 14.7. The van der Waals surface area contributed by atoms with Crippen LogP contribution in [0.5, 0.6) is 0 Å². The molecule has 0 heterocycles. The highest BCUT2D eigenvalue weighted by Gasteiger charge is 2.22. The molecule has 0 saturated carbocycles. The Kier molecular flexibility index (Phi) is 83.0. The molecule has 0 aromatic carbocycles. The number of carbonyl (C=O) groups excluding carboxylic acids is 3. The van der Waals surface area contributed by atoms with Gasteiger partial charge in [-0.2, -0.15) is 0 Å². The molecule has 0 saturated heterocycles. The lowest BCUT2D eigenvalue weighted by molar-refractivity contribution is -0.870. The monoisotopic (exact) mass is 1440 g/mol. The van der Waals surface area contributed by atoms with Gasteiger partial charge in [0.2, 0.25) is 0 Å². The van der Waals surface area contributed by atoms with E-state index in [1.807, 2.05) is 21.1 Å². The Hall–Kier alpha value is -1.97. The number of hydrogen-bond donors (Lipinski definition) is 0. The van der Waals surface area contributed by atoms with Crippen molar-refractivity contribution in [3.05, 3.63) is 12.2 Å². The van der Waals surface area contributed by atoms with Crippen LogP contribution in [0.15, 0.2) is 12.2 Å². The van der Waals surface area contributed by atoms with Crippen LogP contribution in [0.1, 0.15) is 508 Å². The van der Waals surface area contributed by atoms with Crippen molar-refractivity contribution in [1.29, 1.82) is 0 Å². The third-order valence-electron chi connectivity index (χ3n) is 21.8. The first kappa shape index (κ1) is 100. The summed E-state index contributed by atoms with van der Waals surface area (Å²) in [5, 5.41) is 11.9. The Labute approximate surface area is 637 Å². The number of allylic oxidation sites excluding steroid dienone is 2. The Morgan fingerprint density at radius 3 is 0.725 bits per heavy atom. The van der Waals surface area contributed by atoms with E-state index in [9.17, 15) is 19.5 Å². The van der Waals surface area contributed by atoms with E-state index in [4.69, 9.17) is 18.9 Å². The summed E-state index contributed by atoms with van der Waals surface area (Å²) >= 11 is 0. The third-order valence-corrected chi connectivity index (χ3v) is 21.8. The molecule has 102 heavy (non-hydrogen) atoms. The first-order valence-electron chi connectivity index (χ1n) is 46.3. The molecule has 0 aromatic heterocycles. The van der Waals surface area contributed by atoms with Crippen molar-refractivity contribution < 1.29 is 42.9 Å². The van der Waals surface area contributed by atoms with Gasteiger partial charge in [-0.05, 0) is 38.5 Å². The van der Waals surface area contributed by atoms with Crippen LogP contribution in [0, 0.1) is 0 Å². The summed E-state index contributed by atoms with van der Waals surface area (Å²) in [5.41, 5.74) is 0. The summed E-state index contributed by atoms with van der Waals surface area (Å²) in [6, 6.07) is 0. The fourth-order valence-electron chi connectivity index (χ4n) is 14.7. The summed E-state index contributed by atoms with van der Waals surface area (Å²) in [7, 11) is 5.96. The molecular weight excluding hydrogens is 1260 g/mol. The van der Waals surface area contributed by atoms with Crippen LogP contribution in [0.3, 0.4) is 0 Å². The van der Waals surface area contributed by atoms with E-state index in [1.165, 1.54) is 443 Å². The zero-order valence-electron chi connectivity index (χ0n) is 69.8. The molecule has 0 fully saturated rings. The van der Waals surface area contributed by atoms with Crippen LogP contribution in [0.25, 0.3) is 0 Å². The molecule has 2 atom stereocenters. The molecule has 2 unspecified atom stereocenters. The standard InChI is InChI=1S/C93H181NO8/c1-6-8-10-12-14-16-18-20-22-24-26-28-30-32-34-36-38-40-42-44-45-46-47-48-50-52-54-56-58-60-62-64-66-68-70-72-74-76-78-80-82-84-91(96)102-89(88-101-93(92(97)98)99-86-85-94(3,4)5)87-100-90(95)83-81-79-77-75-73-71-69-67-65-63-61-59-57-55-53-51-49-43-41-39-37-35-33-31-29-27-25-23-21-19-17-15-13-11-9-7-2/h24,26,89,93H,6-23,25,27-88H2,1-5H3/b26-24-. The third kappa shape index (κ3) is 85.3. The normalized spacial score (nSPS) is 12.5. The van der Waals surface area contributed by atoms with Gasteiger partial charge in [-0.3, -0.25) is 9.59 Å². The molecule has 0 aliphatic carbocycles. The summed E-state index contributed by atoms with van der Waals surface area (Å²) in [4.78, 5) is 37.7. The molecule has 0 aliphatic rings. The maximum Gasteiger partial charge on any atom is 0.306 e. The van der Waals surface area contributed by atoms with Gasteiger partial charge < -0.3 is 33.3 Å². The molecule has 0 amide bonds. The van der Waals surface area contributed by atoms with E-state index in [-0.39, 0.29) is 32.2 Å². The highest BCUT2D eigenvalue weighted by atomic mass is 16.7. The zero-order valence-corrected chi connectivity index (χ0v) is 69.8. The van der Waals surface area contributed by atoms with Crippen LogP contribution in [-0.2, 0) is 33.3 Å². The van der Waals surface area contributed by atoms with E-state index in [2.05, 4.69) is 26.0 Å². The number of rotatable bonds is 89. The van der Waals surface area contributed by atoms with Crippen LogP contribution in [-0.4, -0.2) is 82.3 Å². The predicted molar refractivity (Wildman–Crippen MR) is 440 cm³/mol. The number of hydrogen-bond acceptors (Lipinski definition) is 8. The molecule has 0 radical (unpaired) electrons. The van der Waals surface area contributed by atoms with Gasteiger partial charge in [0.1, 0.15) is 13.2 Å². The molecular formula is C93H181NO8. The average Bonchev–Trinajstić information content (AvgIpc) is 0.999. The molecule has 0 rings (SSSR count). The average molecular weight is 1440 g/mol. The number of carboxylic acid groups (broad SMARTS) is 1. The Morgan fingerprint density at radius 1 is 0.284 bits per heavy atom. The van der Waals surface area contributed by atoms with Crippen molar-refractivity contribution in [2.45, 2.75) is 521 Å². The Bertz CT molecular complexity index is 1680. The van der Waals surface area contributed by atoms with Crippen LogP contribution >= 0.6 is 0 Å². The minimum Gasteiger partial charge on any atom is -0.545 e. The van der Waals surface area contributed by atoms with Crippen molar-refractivity contribution in [3.8, 4) is 0 Å². The summed E-state index contributed by atoms with van der Waals surface area (Å²) in [6.07, 6.45) is 106. The Morgan fingerprint density at radius 2 is 0.500 bits per heavy atom. The highest BCUT2D eigenvalue weighted by Crippen LogP contribution is 2.22. The van der Waals surface area contributed by atoms with E-state index < -0.39 is 24.3 Å². The van der Waals surface area contributed by atoms with E-state index in [1.54, 1.807) is 0 Å². The SMILES string of the molecule is CCCCCCCCCC/C=C\CCCCCCCCCCCCCCCCCCCCCCCCCCCCCCCC(=O)OC(COC(=O)CCCCCCCCCCCCCCCCCCCCCCCCCCCCCCCCCCCCCC)COC(OCC[N+](C)(C)C)C(=O)[O-]. The first-order valence-corrected chi connectivity index (χ1v) is 46.3. The molecule has 0 aromatic rings. The lowest BCUT2D eigenvalue weighted by Crippen LogP contribution is -2.44. The molecule has 0 aliphatic heterocycles. The topological polar surface area (TPSA) is 111 Å². The van der Waals surface area contributed by atoms with Gasteiger partial charge in [-0.15, -0.1) is 0 Å². The van der Waals surface area contributed by atoms with Crippen LogP contribution in [0.4, 0.5) is 0 Å². The van der Waals surface area contributed by atoms with Gasteiger partial charge in [0, 0.05) is 12.8 Å².